The Morgan fingerprint density at radius 1 is 1.30 bits per heavy atom. The molecule has 23 heavy (non-hydrogen) atoms. The predicted molar refractivity (Wildman–Crippen MR) is 90.7 cm³/mol. The maximum Gasteiger partial charge on any atom is 0.132 e. The quantitative estimate of drug-likeness (QED) is 0.849. The highest BCUT2D eigenvalue weighted by Gasteiger charge is 2.21. The van der Waals surface area contributed by atoms with Crippen LogP contribution in [-0.2, 0) is 17.7 Å². The maximum absolute atomic E-state index is 5.49. The van der Waals surface area contributed by atoms with E-state index in [1.807, 2.05) is 20.2 Å². The van der Waals surface area contributed by atoms with Gasteiger partial charge in [-0.1, -0.05) is 13.0 Å². The molecular weight excluding hydrogens is 288 g/mol. The molecule has 2 aromatic rings. The Morgan fingerprint density at radius 3 is 2.83 bits per heavy atom. The number of aryl methyl sites for hydroxylation is 2. The summed E-state index contributed by atoms with van der Waals surface area (Å²) in [5, 5.41) is 0. The number of rotatable bonds is 5. The van der Waals surface area contributed by atoms with E-state index in [1.165, 1.54) is 5.56 Å². The molecule has 3 rings (SSSR count). The Hall–Kier alpha value is -2.01. The molecule has 122 valence electrons. The van der Waals surface area contributed by atoms with Crippen LogP contribution >= 0.6 is 0 Å². The van der Waals surface area contributed by atoms with Crippen LogP contribution in [0.15, 0.2) is 24.4 Å². The average molecular weight is 312 g/mol. The molecule has 1 atom stereocenters. The van der Waals surface area contributed by atoms with Crippen LogP contribution in [0.1, 0.15) is 42.0 Å². The third-order valence-corrected chi connectivity index (χ3v) is 4.28. The van der Waals surface area contributed by atoms with E-state index in [0.717, 1.165) is 55.6 Å². The van der Waals surface area contributed by atoms with Crippen molar-refractivity contribution >= 4 is 5.82 Å². The van der Waals surface area contributed by atoms with E-state index in [-0.39, 0.29) is 0 Å². The summed E-state index contributed by atoms with van der Waals surface area (Å²) in [5.74, 6) is 2.15. The van der Waals surface area contributed by atoms with Gasteiger partial charge in [0.05, 0.1) is 24.5 Å². The molecule has 1 saturated heterocycles. The minimum Gasteiger partial charge on any atom is -0.381 e. The van der Waals surface area contributed by atoms with E-state index in [9.17, 15) is 0 Å². The van der Waals surface area contributed by atoms with Gasteiger partial charge in [0.1, 0.15) is 11.6 Å². The molecule has 5 heteroatoms. The summed E-state index contributed by atoms with van der Waals surface area (Å²) in [5.41, 5.74) is 3.40. The maximum atomic E-state index is 5.49. The molecule has 0 N–H and O–H groups in total. The van der Waals surface area contributed by atoms with Crippen LogP contribution in [0.25, 0.3) is 0 Å². The van der Waals surface area contributed by atoms with E-state index in [1.54, 1.807) is 0 Å². The Morgan fingerprint density at radius 2 is 2.17 bits per heavy atom. The molecule has 1 unspecified atom stereocenters. The Labute approximate surface area is 137 Å². The van der Waals surface area contributed by atoms with Crippen molar-refractivity contribution in [3.63, 3.8) is 0 Å². The Balaban J connectivity index is 1.76. The monoisotopic (exact) mass is 312 g/mol. The van der Waals surface area contributed by atoms with Gasteiger partial charge in [-0.25, -0.2) is 9.97 Å². The van der Waals surface area contributed by atoms with E-state index in [0.29, 0.717) is 5.92 Å². The van der Waals surface area contributed by atoms with Gasteiger partial charge in [0, 0.05) is 31.8 Å². The molecule has 1 aliphatic heterocycles. The van der Waals surface area contributed by atoms with Crippen LogP contribution in [-0.4, -0.2) is 35.2 Å². The molecule has 2 aromatic heterocycles. The zero-order chi connectivity index (χ0) is 16.2. The lowest BCUT2D eigenvalue weighted by molar-refractivity contribution is 0.193. The van der Waals surface area contributed by atoms with Crippen LogP contribution in [0.4, 0.5) is 5.82 Å². The minimum atomic E-state index is 0.394. The second kappa shape index (κ2) is 7.04. The van der Waals surface area contributed by atoms with Crippen molar-refractivity contribution < 1.29 is 4.74 Å². The van der Waals surface area contributed by atoms with Crippen molar-refractivity contribution in [3.8, 4) is 0 Å². The number of aromatic nitrogens is 3. The molecule has 0 aliphatic carbocycles. The van der Waals surface area contributed by atoms with Crippen molar-refractivity contribution in [2.45, 2.75) is 39.2 Å². The third kappa shape index (κ3) is 3.85. The molecule has 5 nitrogen and oxygen atoms in total. The molecular formula is C18H24N4O. The van der Waals surface area contributed by atoms with E-state index in [4.69, 9.17) is 4.74 Å². The van der Waals surface area contributed by atoms with Crippen LogP contribution in [0.5, 0.6) is 0 Å². The van der Waals surface area contributed by atoms with Crippen molar-refractivity contribution in [2.75, 3.05) is 25.2 Å². The first kappa shape index (κ1) is 15.9. The fourth-order valence-electron chi connectivity index (χ4n) is 2.83. The lowest BCUT2D eigenvalue weighted by Gasteiger charge is -2.20. The summed E-state index contributed by atoms with van der Waals surface area (Å²) in [7, 11) is 2.05. The highest BCUT2D eigenvalue weighted by atomic mass is 16.5. The number of hydrogen-bond acceptors (Lipinski definition) is 5. The van der Waals surface area contributed by atoms with Crippen molar-refractivity contribution in [3.05, 3.63) is 47.2 Å². The van der Waals surface area contributed by atoms with Crippen molar-refractivity contribution in [1.82, 2.24) is 15.0 Å². The number of pyridine rings is 1. The van der Waals surface area contributed by atoms with Gasteiger partial charge in [-0.15, -0.1) is 0 Å². The zero-order valence-electron chi connectivity index (χ0n) is 14.1. The normalized spacial score (nSPS) is 17.4. The summed E-state index contributed by atoms with van der Waals surface area (Å²) in [4.78, 5) is 15.8. The summed E-state index contributed by atoms with van der Waals surface area (Å²) in [6.07, 6.45) is 4.01. The second-order valence-electron chi connectivity index (χ2n) is 6.13. The Kier molecular flexibility index (Phi) is 4.86. The minimum absolute atomic E-state index is 0.394. The molecule has 1 fully saturated rings. The van der Waals surface area contributed by atoms with Gasteiger partial charge < -0.3 is 9.64 Å². The number of hydrogen-bond donors (Lipinski definition) is 0. The topological polar surface area (TPSA) is 51.1 Å². The first-order valence-electron chi connectivity index (χ1n) is 8.24. The largest absolute Gasteiger partial charge is 0.381 e. The van der Waals surface area contributed by atoms with E-state index in [2.05, 4.69) is 45.0 Å². The highest BCUT2D eigenvalue weighted by Crippen LogP contribution is 2.26. The summed E-state index contributed by atoms with van der Waals surface area (Å²) < 4.78 is 5.49. The summed E-state index contributed by atoms with van der Waals surface area (Å²) >= 11 is 0. The number of ether oxygens (including phenoxy) is 1. The van der Waals surface area contributed by atoms with Gasteiger partial charge in [0.2, 0.25) is 0 Å². The Bertz CT molecular complexity index is 651. The molecule has 0 spiro atoms. The van der Waals surface area contributed by atoms with Crippen LogP contribution in [0.2, 0.25) is 0 Å². The van der Waals surface area contributed by atoms with Gasteiger partial charge in [-0.05, 0) is 31.4 Å². The first-order valence-corrected chi connectivity index (χ1v) is 8.24. The summed E-state index contributed by atoms with van der Waals surface area (Å²) in [6.45, 7) is 6.42. The van der Waals surface area contributed by atoms with Gasteiger partial charge in [-0.2, -0.15) is 0 Å². The van der Waals surface area contributed by atoms with Gasteiger partial charge in [0.15, 0.2) is 0 Å². The number of nitrogens with zero attached hydrogens (tertiary/aromatic N) is 4. The van der Waals surface area contributed by atoms with Crippen LogP contribution in [0, 0.1) is 6.92 Å². The predicted octanol–water partition coefficient (Wildman–Crippen LogP) is 2.88. The summed E-state index contributed by atoms with van der Waals surface area (Å²) in [6, 6.07) is 6.32. The van der Waals surface area contributed by atoms with Gasteiger partial charge in [-0.3, -0.25) is 4.98 Å². The first-order chi connectivity index (χ1) is 11.2. The fourth-order valence-corrected chi connectivity index (χ4v) is 2.83. The van der Waals surface area contributed by atoms with Crippen LogP contribution < -0.4 is 4.90 Å². The molecule has 1 aliphatic rings. The molecule has 0 bridgehead atoms. The SMILES string of the molecule is CCc1ccc(CN(C)c2cc(C3CCOC3)nc(C)n2)nc1. The second-order valence-corrected chi connectivity index (χ2v) is 6.13. The molecule has 0 radical (unpaired) electrons. The molecule has 3 heterocycles. The van der Waals surface area contributed by atoms with Crippen molar-refractivity contribution in [2.24, 2.45) is 0 Å². The van der Waals surface area contributed by atoms with E-state index < -0.39 is 0 Å². The highest BCUT2D eigenvalue weighted by molar-refractivity contribution is 5.40. The smallest absolute Gasteiger partial charge is 0.132 e. The molecule has 0 saturated carbocycles. The molecule has 0 aromatic carbocycles. The van der Waals surface area contributed by atoms with Crippen LogP contribution in [0.3, 0.4) is 0 Å². The standard InChI is InChI=1S/C18H24N4O/c1-4-14-5-6-16(19-10-14)11-22(3)18-9-17(20-13(2)21-18)15-7-8-23-12-15/h5-6,9-10,15H,4,7-8,11-12H2,1-3H3. The lowest BCUT2D eigenvalue weighted by atomic mass is 10.0. The van der Waals surface area contributed by atoms with Gasteiger partial charge >= 0.3 is 0 Å². The fraction of sp³-hybridized carbons (Fsp3) is 0.500. The molecule has 0 amide bonds. The van der Waals surface area contributed by atoms with E-state index >= 15 is 0 Å². The van der Waals surface area contributed by atoms with Crippen molar-refractivity contribution in [1.29, 1.82) is 0 Å². The zero-order valence-corrected chi connectivity index (χ0v) is 14.1. The number of anilines is 1. The van der Waals surface area contributed by atoms with Gasteiger partial charge in [0.25, 0.3) is 0 Å². The third-order valence-electron chi connectivity index (χ3n) is 4.28. The average Bonchev–Trinajstić information content (AvgIpc) is 3.09. The lowest BCUT2D eigenvalue weighted by Crippen LogP contribution is -2.20.